The third-order valence-electron chi connectivity index (χ3n) is 5.14. The number of rotatable bonds is 8. The Morgan fingerprint density at radius 1 is 1.07 bits per heavy atom. The van der Waals surface area contributed by atoms with Crippen LogP contribution >= 0.6 is 0 Å². The van der Waals surface area contributed by atoms with Gasteiger partial charge in [-0.05, 0) is 37.1 Å². The molecule has 7 nitrogen and oxygen atoms in total. The zero-order valence-electron chi connectivity index (χ0n) is 16.2. The molecule has 0 aliphatic carbocycles. The van der Waals surface area contributed by atoms with Gasteiger partial charge in [0, 0.05) is 19.7 Å². The van der Waals surface area contributed by atoms with Gasteiger partial charge in [-0.2, -0.15) is 0 Å². The maximum absolute atomic E-state index is 12.4. The molecule has 0 radical (unpaired) electrons. The number of hydrogen-bond donors (Lipinski definition) is 1. The fourth-order valence-electron chi connectivity index (χ4n) is 3.64. The topological polar surface area (TPSA) is 72.4 Å². The van der Waals surface area contributed by atoms with E-state index in [1.807, 2.05) is 0 Å². The van der Waals surface area contributed by atoms with E-state index >= 15 is 0 Å². The van der Waals surface area contributed by atoms with Crippen LogP contribution in [-0.2, 0) is 17.8 Å². The Kier molecular flexibility index (Phi) is 5.73. The minimum atomic E-state index is -0.146. The largest absolute Gasteiger partial charge is 0.475 e. The summed E-state index contributed by atoms with van der Waals surface area (Å²) in [6, 6.07) is 10.3. The summed E-state index contributed by atoms with van der Waals surface area (Å²) in [5, 5.41) is 0. The minimum absolute atomic E-state index is 0.146. The summed E-state index contributed by atoms with van der Waals surface area (Å²) in [6.07, 6.45) is 4.23. The van der Waals surface area contributed by atoms with Crippen LogP contribution in [0.3, 0.4) is 0 Å². The molecule has 0 saturated carbocycles. The van der Waals surface area contributed by atoms with Crippen LogP contribution in [0.2, 0.25) is 0 Å². The average molecular weight is 382 g/mol. The predicted molar refractivity (Wildman–Crippen MR) is 108 cm³/mol. The van der Waals surface area contributed by atoms with Gasteiger partial charge in [-0.3, -0.25) is 9.47 Å². The molecule has 3 heterocycles. The molecular formula is C21H26N4O3. The lowest BCUT2D eigenvalue weighted by molar-refractivity contribution is 0.144. The Bertz CT molecular complexity index is 971. The lowest BCUT2D eigenvalue weighted by atomic mass is 10.1. The van der Waals surface area contributed by atoms with E-state index in [9.17, 15) is 4.79 Å². The normalized spacial score (nSPS) is 14.8. The van der Waals surface area contributed by atoms with Crippen molar-refractivity contribution >= 4 is 11.0 Å². The molecule has 2 aromatic heterocycles. The van der Waals surface area contributed by atoms with Gasteiger partial charge >= 0.3 is 5.69 Å². The molecule has 4 rings (SSSR count). The molecule has 1 aliphatic heterocycles. The Labute approximate surface area is 163 Å². The van der Waals surface area contributed by atoms with Crippen molar-refractivity contribution in [3.8, 4) is 5.88 Å². The Morgan fingerprint density at radius 3 is 2.50 bits per heavy atom. The highest BCUT2D eigenvalue weighted by Crippen LogP contribution is 2.18. The van der Waals surface area contributed by atoms with E-state index in [0.717, 1.165) is 17.6 Å². The lowest BCUT2D eigenvalue weighted by Gasteiger charge is -2.14. The lowest BCUT2D eigenvalue weighted by Crippen LogP contribution is -2.19. The molecule has 1 N–H and O–H groups in total. The van der Waals surface area contributed by atoms with Gasteiger partial charge in [0.1, 0.15) is 6.61 Å². The molecule has 0 bridgehead atoms. The summed E-state index contributed by atoms with van der Waals surface area (Å²) in [7, 11) is 1.63. The summed E-state index contributed by atoms with van der Waals surface area (Å²) in [5.74, 6) is 0.485. The molecule has 1 aliphatic rings. The van der Waals surface area contributed by atoms with Crippen LogP contribution in [0.15, 0.2) is 41.3 Å². The number of likely N-dealkylation sites (tertiary alicyclic amines) is 1. The zero-order valence-corrected chi connectivity index (χ0v) is 16.2. The Balaban J connectivity index is 1.50. The summed E-state index contributed by atoms with van der Waals surface area (Å²) >= 11 is 0. The van der Waals surface area contributed by atoms with Crippen LogP contribution in [0.4, 0.5) is 0 Å². The molecule has 0 atom stereocenters. The Morgan fingerprint density at radius 2 is 1.79 bits per heavy atom. The van der Waals surface area contributed by atoms with Gasteiger partial charge in [-0.15, -0.1) is 0 Å². The number of nitrogens with one attached hydrogen (secondary N) is 1. The SMILES string of the molecule is COCCOc1cc2c(cn1)[nH]c(=O)n2Cc1ccc(CN2CCCC2)cc1. The van der Waals surface area contributed by atoms with Gasteiger partial charge in [-0.25, -0.2) is 9.78 Å². The summed E-state index contributed by atoms with van der Waals surface area (Å²) in [4.78, 5) is 22.0. The van der Waals surface area contributed by atoms with E-state index in [2.05, 4.69) is 39.1 Å². The first-order chi connectivity index (χ1) is 13.7. The zero-order chi connectivity index (χ0) is 19.3. The van der Waals surface area contributed by atoms with Crippen LogP contribution in [0.1, 0.15) is 24.0 Å². The molecule has 0 unspecified atom stereocenters. The van der Waals surface area contributed by atoms with E-state index in [4.69, 9.17) is 9.47 Å². The van der Waals surface area contributed by atoms with Crippen LogP contribution in [0.5, 0.6) is 5.88 Å². The van der Waals surface area contributed by atoms with E-state index in [1.165, 1.54) is 31.5 Å². The number of ether oxygens (including phenoxy) is 2. The predicted octanol–water partition coefficient (Wildman–Crippen LogP) is 2.39. The van der Waals surface area contributed by atoms with E-state index in [1.54, 1.807) is 23.9 Å². The van der Waals surface area contributed by atoms with Crippen molar-refractivity contribution in [2.45, 2.75) is 25.9 Å². The highest BCUT2D eigenvalue weighted by atomic mass is 16.5. The highest BCUT2D eigenvalue weighted by Gasteiger charge is 2.12. The molecule has 0 spiro atoms. The van der Waals surface area contributed by atoms with Crippen LogP contribution in [0, 0.1) is 0 Å². The van der Waals surface area contributed by atoms with Gasteiger partial charge in [0.15, 0.2) is 0 Å². The summed E-state index contributed by atoms with van der Waals surface area (Å²) in [5.41, 5.74) is 3.75. The summed E-state index contributed by atoms with van der Waals surface area (Å²) < 4.78 is 12.3. The second kappa shape index (κ2) is 8.58. The number of methoxy groups -OCH3 is 1. The molecule has 3 aromatic rings. The van der Waals surface area contributed by atoms with E-state index in [-0.39, 0.29) is 5.69 Å². The molecule has 1 aromatic carbocycles. The molecule has 148 valence electrons. The first-order valence-corrected chi connectivity index (χ1v) is 9.73. The number of aromatic nitrogens is 3. The fourth-order valence-corrected chi connectivity index (χ4v) is 3.64. The maximum Gasteiger partial charge on any atom is 0.326 e. The molecular weight excluding hydrogens is 356 g/mol. The average Bonchev–Trinajstić information content (AvgIpc) is 3.32. The maximum atomic E-state index is 12.4. The van der Waals surface area contributed by atoms with Crippen molar-refractivity contribution < 1.29 is 9.47 Å². The highest BCUT2D eigenvalue weighted by molar-refractivity contribution is 5.75. The van der Waals surface area contributed by atoms with Crippen molar-refractivity contribution in [1.82, 2.24) is 19.4 Å². The number of imidazole rings is 1. The second-order valence-corrected chi connectivity index (χ2v) is 7.20. The van der Waals surface area contributed by atoms with Crippen molar-refractivity contribution in [1.29, 1.82) is 0 Å². The van der Waals surface area contributed by atoms with Gasteiger partial charge < -0.3 is 14.5 Å². The van der Waals surface area contributed by atoms with Crippen molar-refractivity contribution in [3.63, 3.8) is 0 Å². The number of aromatic amines is 1. The first kappa shape index (κ1) is 18.7. The smallest absolute Gasteiger partial charge is 0.326 e. The van der Waals surface area contributed by atoms with Gasteiger partial charge in [0.05, 0.1) is 30.4 Å². The number of fused-ring (bicyclic) bond motifs is 1. The van der Waals surface area contributed by atoms with Crippen molar-refractivity contribution in [2.24, 2.45) is 0 Å². The standard InChI is InChI=1S/C21H26N4O3/c1-27-10-11-28-20-12-19-18(13-22-20)23-21(26)25(19)15-17-6-4-16(5-7-17)14-24-8-2-3-9-24/h4-7,12-13H,2-3,8-11,14-15H2,1H3,(H,23,26). The quantitative estimate of drug-likeness (QED) is 0.606. The number of hydrogen-bond acceptors (Lipinski definition) is 5. The number of benzene rings is 1. The number of pyridine rings is 1. The van der Waals surface area contributed by atoms with Crippen LogP contribution in [-0.4, -0.2) is 52.8 Å². The third kappa shape index (κ3) is 4.26. The molecule has 0 amide bonds. The molecule has 1 fully saturated rings. The van der Waals surface area contributed by atoms with Gasteiger partial charge in [-0.1, -0.05) is 24.3 Å². The molecule has 1 saturated heterocycles. The Hall–Kier alpha value is -2.64. The monoisotopic (exact) mass is 382 g/mol. The van der Waals surface area contributed by atoms with Gasteiger partial charge in [0.25, 0.3) is 0 Å². The van der Waals surface area contributed by atoms with E-state index < -0.39 is 0 Å². The first-order valence-electron chi connectivity index (χ1n) is 9.73. The minimum Gasteiger partial charge on any atom is -0.475 e. The third-order valence-corrected chi connectivity index (χ3v) is 5.14. The molecule has 28 heavy (non-hydrogen) atoms. The molecule has 7 heteroatoms. The number of H-pyrrole nitrogens is 1. The van der Waals surface area contributed by atoms with Crippen molar-refractivity contribution in [2.75, 3.05) is 33.4 Å². The van der Waals surface area contributed by atoms with Crippen LogP contribution < -0.4 is 10.4 Å². The number of nitrogens with zero attached hydrogens (tertiary/aromatic N) is 3. The van der Waals surface area contributed by atoms with E-state index in [0.29, 0.717) is 31.2 Å². The van der Waals surface area contributed by atoms with Crippen LogP contribution in [0.25, 0.3) is 11.0 Å². The fraction of sp³-hybridized carbons (Fsp3) is 0.429. The van der Waals surface area contributed by atoms with Gasteiger partial charge in [0.2, 0.25) is 5.88 Å². The second-order valence-electron chi connectivity index (χ2n) is 7.20. The van der Waals surface area contributed by atoms with Crippen molar-refractivity contribution in [3.05, 3.63) is 58.1 Å². The summed E-state index contributed by atoms with van der Waals surface area (Å²) in [6.45, 7) is 4.79.